The summed E-state index contributed by atoms with van der Waals surface area (Å²) >= 11 is 0.863. The smallest absolute Gasteiger partial charge is 0.320 e. The molecule has 224 valence electrons. The van der Waals surface area contributed by atoms with E-state index in [-0.39, 0.29) is 11.6 Å². The molecule has 1 aliphatic carbocycles. The fraction of sp³-hybridized carbons (Fsp3) is 0.231. The van der Waals surface area contributed by atoms with Crippen LogP contribution in [0.5, 0.6) is 0 Å². The zero-order chi connectivity index (χ0) is 32.0. The molecule has 0 unspecified atom stereocenters. The van der Waals surface area contributed by atoms with Gasteiger partial charge >= 0.3 is 24.2 Å². The second-order valence-corrected chi connectivity index (χ2v) is 9.87. The lowest BCUT2D eigenvalue weighted by molar-refractivity contribution is -0.348. The summed E-state index contributed by atoms with van der Waals surface area (Å²) in [6, 6.07) is 5.10. The molecule has 0 atom stereocenters. The predicted molar refractivity (Wildman–Crippen MR) is 134 cm³/mol. The summed E-state index contributed by atoms with van der Waals surface area (Å²) in [5, 5.41) is 1.59. The molecular formula is C26H14F11IN2O2. The van der Waals surface area contributed by atoms with Crippen molar-refractivity contribution in [3.63, 3.8) is 0 Å². The van der Waals surface area contributed by atoms with Crippen molar-refractivity contribution >= 4 is 40.1 Å². The largest absolute Gasteiger partial charge is 0.435 e. The molecule has 1 N–H and O–H groups in total. The van der Waals surface area contributed by atoms with Crippen LogP contribution in [-0.2, 0) is 16.6 Å². The van der Waals surface area contributed by atoms with Crippen LogP contribution in [-0.4, -0.2) is 36.1 Å². The van der Waals surface area contributed by atoms with Crippen LogP contribution >= 0.6 is 22.6 Å². The van der Waals surface area contributed by atoms with Gasteiger partial charge in [-0.15, -0.1) is 0 Å². The molecule has 1 aliphatic rings. The van der Waals surface area contributed by atoms with E-state index in [9.17, 15) is 53.5 Å². The molecule has 4 nitrogen and oxygen atoms in total. The van der Waals surface area contributed by atoms with Crippen molar-refractivity contribution in [2.24, 2.45) is 0 Å². The summed E-state index contributed by atoms with van der Waals surface area (Å²) in [4.78, 5) is 26.3. The Kier molecular flexibility index (Phi) is 8.79. The SMILES string of the molecule is Cc1ccc(C(=O)N(C)C2=C(F)C(C(=O)Nc3c(I)cc(C(F)(C(F)(F)F)C(F)(F)F)cc3C(F)(F)F)=C=C=C2)cc1. The van der Waals surface area contributed by atoms with E-state index < -0.39 is 79.6 Å². The molecule has 3 rings (SSSR count). The number of carbonyl (C=O) groups excluding carboxylic acids is 2. The number of hydrogen-bond acceptors (Lipinski definition) is 2. The molecule has 0 heterocycles. The molecule has 2 aromatic carbocycles. The highest BCUT2D eigenvalue weighted by Gasteiger charge is 2.73. The second kappa shape index (κ2) is 11.2. The molecule has 0 fully saturated rings. The summed E-state index contributed by atoms with van der Waals surface area (Å²) in [7, 11) is 1.12. The highest BCUT2D eigenvalue weighted by molar-refractivity contribution is 14.1. The van der Waals surface area contributed by atoms with Crippen LogP contribution in [0.1, 0.15) is 27.0 Å². The first kappa shape index (κ1) is 32.9. The molecule has 0 aliphatic heterocycles. The van der Waals surface area contributed by atoms with Crippen LogP contribution in [0, 0.1) is 10.5 Å². The van der Waals surface area contributed by atoms with Crippen molar-refractivity contribution in [2.45, 2.75) is 31.1 Å². The molecule has 0 radical (unpaired) electrons. The Hall–Kier alpha value is -3.62. The topological polar surface area (TPSA) is 49.4 Å². The van der Waals surface area contributed by atoms with Gasteiger partial charge in [-0.25, -0.2) is 8.78 Å². The summed E-state index contributed by atoms with van der Waals surface area (Å²) in [5.41, 5.74) is -8.85. The van der Waals surface area contributed by atoms with Gasteiger partial charge in [0, 0.05) is 27.8 Å². The highest BCUT2D eigenvalue weighted by atomic mass is 127. The number of nitrogens with one attached hydrogen (secondary N) is 1. The minimum absolute atomic E-state index is 0.104. The molecule has 2 aromatic rings. The van der Waals surface area contributed by atoms with Gasteiger partial charge in [-0.2, -0.15) is 39.5 Å². The Morgan fingerprint density at radius 3 is 1.95 bits per heavy atom. The van der Waals surface area contributed by atoms with Gasteiger partial charge in [0.1, 0.15) is 5.57 Å². The number of allylic oxidation sites excluding steroid dienone is 1. The molecule has 42 heavy (non-hydrogen) atoms. The molecule has 16 heteroatoms. The normalized spacial score (nSPS) is 14.2. The maximum Gasteiger partial charge on any atom is 0.435 e. The highest BCUT2D eigenvalue weighted by Crippen LogP contribution is 2.54. The van der Waals surface area contributed by atoms with E-state index in [1.54, 1.807) is 24.4 Å². The van der Waals surface area contributed by atoms with Gasteiger partial charge in [-0.1, -0.05) is 29.2 Å². The van der Waals surface area contributed by atoms with E-state index in [4.69, 9.17) is 0 Å². The molecule has 0 spiro atoms. The average molecular weight is 722 g/mol. The van der Waals surface area contributed by atoms with Crippen LogP contribution in [0.2, 0.25) is 0 Å². The van der Waals surface area contributed by atoms with Crippen molar-refractivity contribution in [1.82, 2.24) is 4.90 Å². The summed E-state index contributed by atoms with van der Waals surface area (Å²) in [5.74, 6) is -3.91. The standard InChI is InChI=1S/C26H14F11IN2O2/c1-12-6-8-13(9-7-12)22(42)40(2)18-5-3-4-15(19(18)27)21(41)39-20-16(24(29,30)31)10-14(11-17(20)38)23(28,25(32,33)34)26(35,36)37/h5-11H,1-2H3,(H,39,41). The molecule has 0 saturated carbocycles. The molecule has 0 bridgehead atoms. The number of aryl methyl sites for hydroxylation is 1. The number of benzene rings is 2. The van der Waals surface area contributed by atoms with Crippen molar-refractivity contribution < 1.29 is 57.9 Å². The number of anilines is 1. The van der Waals surface area contributed by atoms with Crippen LogP contribution in [0.4, 0.5) is 54.0 Å². The number of carbonyl (C=O) groups is 2. The van der Waals surface area contributed by atoms with E-state index in [0.29, 0.717) is 0 Å². The van der Waals surface area contributed by atoms with Crippen LogP contribution in [0.15, 0.2) is 71.0 Å². The number of rotatable bonds is 5. The summed E-state index contributed by atoms with van der Waals surface area (Å²) in [6.45, 7) is 1.74. The fourth-order valence-corrected chi connectivity index (χ4v) is 4.40. The number of nitrogens with zero attached hydrogens (tertiary/aromatic N) is 1. The maximum atomic E-state index is 15.3. The third kappa shape index (κ3) is 6.10. The predicted octanol–water partition coefficient (Wildman–Crippen LogP) is 8.05. The Labute approximate surface area is 243 Å². The summed E-state index contributed by atoms with van der Waals surface area (Å²) in [6.07, 6.45) is -18.2. The minimum atomic E-state index is -6.71. The lowest BCUT2D eigenvalue weighted by Gasteiger charge is -2.31. The van der Waals surface area contributed by atoms with E-state index in [1.165, 1.54) is 12.1 Å². The van der Waals surface area contributed by atoms with E-state index in [2.05, 4.69) is 5.73 Å². The molecule has 2 amide bonds. The van der Waals surface area contributed by atoms with Gasteiger partial charge in [-0.05, 0) is 53.8 Å². The van der Waals surface area contributed by atoms with Crippen LogP contribution < -0.4 is 5.32 Å². The first-order valence-electron chi connectivity index (χ1n) is 11.1. The second-order valence-electron chi connectivity index (χ2n) is 8.70. The maximum absolute atomic E-state index is 15.3. The van der Waals surface area contributed by atoms with Crippen LogP contribution in [0.25, 0.3) is 0 Å². The zero-order valence-electron chi connectivity index (χ0n) is 20.8. The first-order chi connectivity index (χ1) is 19.1. The molecule has 0 saturated heterocycles. The summed E-state index contributed by atoms with van der Waals surface area (Å²) < 4.78 is 149. The number of likely N-dealkylation sites (N-methyl/N-ethyl adjacent to an activating group) is 1. The van der Waals surface area contributed by atoms with Gasteiger partial charge in [0.25, 0.3) is 11.8 Å². The quantitative estimate of drug-likeness (QED) is 0.193. The van der Waals surface area contributed by atoms with E-state index >= 15 is 4.39 Å². The minimum Gasteiger partial charge on any atom is -0.320 e. The van der Waals surface area contributed by atoms with Gasteiger partial charge in [0.15, 0.2) is 5.83 Å². The van der Waals surface area contributed by atoms with Gasteiger partial charge in [-0.3, -0.25) is 9.59 Å². The molecular weight excluding hydrogens is 708 g/mol. The molecule has 0 aromatic heterocycles. The van der Waals surface area contributed by atoms with Crippen molar-refractivity contribution in [1.29, 1.82) is 0 Å². The number of alkyl halides is 10. The number of halogens is 12. The lowest BCUT2D eigenvalue weighted by Crippen LogP contribution is -2.50. The van der Waals surface area contributed by atoms with E-state index in [0.717, 1.165) is 46.2 Å². The van der Waals surface area contributed by atoms with Crippen molar-refractivity contribution in [3.05, 3.63) is 96.9 Å². The zero-order valence-corrected chi connectivity index (χ0v) is 23.0. The fourth-order valence-electron chi connectivity index (χ4n) is 3.64. The van der Waals surface area contributed by atoms with Gasteiger partial charge in [0.2, 0.25) is 0 Å². The number of hydrogen-bond donors (Lipinski definition) is 1. The van der Waals surface area contributed by atoms with Crippen molar-refractivity contribution in [3.8, 4) is 0 Å². The van der Waals surface area contributed by atoms with E-state index in [1.807, 2.05) is 5.73 Å². The lowest BCUT2D eigenvalue weighted by atomic mass is 9.92. The third-order valence-corrected chi connectivity index (χ3v) is 6.71. The Morgan fingerprint density at radius 1 is 0.905 bits per heavy atom. The average Bonchev–Trinajstić information content (AvgIpc) is 2.86. The van der Waals surface area contributed by atoms with Crippen molar-refractivity contribution in [2.75, 3.05) is 12.4 Å². The Morgan fingerprint density at radius 2 is 1.45 bits per heavy atom. The van der Waals surface area contributed by atoms with Crippen LogP contribution in [0.3, 0.4) is 0 Å². The first-order valence-corrected chi connectivity index (χ1v) is 12.2. The Balaban J connectivity index is 2.05. The van der Waals surface area contributed by atoms with Gasteiger partial charge in [0.05, 0.1) is 16.9 Å². The third-order valence-electron chi connectivity index (χ3n) is 5.86. The van der Waals surface area contributed by atoms with Gasteiger partial charge < -0.3 is 10.2 Å². The number of amides is 2. The monoisotopic (exact) mass is 722 g/mol. The Bertz CT molecular complexity index is 1560.